The molecule has 0 radical (unpaired) electrons. The summed E-state index contributed by atoms with van der Waals surface area (Å²) in [6.45, 7) is 2.79. The van der Waals surface area contributed by atoms with Crippen LogP contribution in [-0.2, 0) is 6.54 Å². The number of phenolic OH excluding ortho intramolecular Hbond substituents is 1. The molecule has 0 saturated carbocycles. The van der Waals surface area contributed by atoms with E-state index in [1.807, 2.05) is 31.3 Å². The topological polar surface area (TPSA) is 23.5 Å². The highest BCUT2D eigenvalue weighted by atomic mass is 35.5. The molecule has 0 aliphatic heterocycles. The van der Waals surface area contributed by atoms with Crippen molar-refractivity contribution in [1.29, 1.82) is 0 Å². The van der Waals surface area contributed by atoms with Crippen LogP contribution in [0.5, 0.6) is 5.75 Å². The van der Waals surface area contributed by atoms with Crippen molar-refractivity contribution in [2.45, 2.75) is 19.5 Å². The predicted molar refractivity (Wildman–Crippen MR) is 84.5 cm³/mol. The first-order valence-electron chi connectivity index (χ1n) is 6.40. The third-order valence-electron chi connectivity index (χ3n) is 3.46. The smallest absolute Gasteiger partial charge is 0.116 e. The lowest BCUT2D eigenvalue weighted by molar-refractivity contribution is 0.253. The fraction of sp³-hybridized carbons (Fsp3) is 0.250. The van der Waals surface area contributed by atoms with Crippen LogP contribution in [0.25, 0.3) is 0 Å². The minimum atomic E-state index is 0.227. The van der Waals surface area contributed by atoms with Gasteiger partial charge in [0.05, 0.1) is 0 Å². The van der Waals surface area contributed by atoms with Crippen molar-refractivity contribution in [2.75, 3.05) is 7.05 Å². The van der Waals surface area contributed by atoms with E-state index in [4.69, 9.17) is 23.2 Å². The second kappa shape index (κ2) is 6.49. The number of phenols is 1. The van der Waals surface area contributed by atoms with Gasteiger partial charge in [-0.2, -0.15) is 0 Å². The predicted octanol–water partition coefficient (Wildman–Crippen LogP) is 4.89. The van der Waals surface area contributed by atoms with E-state index in [1.165, 1.54) is 5.56 Å². The zero-order valence-corrected chi connectivity index (χ0v) is 13.0. The summed E-state index contributed by atoms with van der Waals surface area (Å²) in [5.41, 5.74) is 2.10. The van der Waals surface area contributed by atoms with E-state index >= 15 is 0 Å². The summed E-state index contributed by atoms with van der Waals surface area (Å²) in [6.07, 6.45) is 0. The number of nitrogens with zero attached hydrogens (tertiary/aromatic N) is 1. The molecule has 20 heavy (non-hydrogen) atoms. The molecule has 2 nitrogen and oxygen atoms in total. The SMILES string of the molecule is C[C@H](c1ccc(Cl)cc1)N(C)Cc1cc(O)ccc1Cl. The van der Waals surface area contributed by atoms with E-state index < -0.39 is 0 Å². The van der Waals surface area contributed by atoms with Gasteiger partial charge < -0.3 is 5.11 Å². The fourth-order valence-corrected chi connectivity index (χ4v) is 2.39. The highest BCUT2D eigenvalue weighted by Gasteiger charge is 2.13. The van der Waals surface area contributed by atoms with Crippen molar-refractivity contribution in [3.63, 3.8) is 0 Å². The minimum absolute atomic E-state index is 0.227. The maximum absolute atomic E-state index is 9.54. The molecule has 4 heteroatoms. The highest BCUT2D eigenvalue weighted by molar-refractivity contribution is 6.31. The Morgan fingerprint density at radius 3 is 2.40 bits per heavy atom. The average molecular weight is 310 g/mol. The Morgan fingerprint density at radius 1 is 1.10 bits per heavy atom. The van der Waals surface area contributed by atoms with E-state index in [2.05, 4.69) is 11.8 Å². The first-order chi connectivity index (χ1) is 9.47. The van der Waals surface area contributed by atoms with Crippen LogP contribution in [-0.4, -0.2) is 17.1 Å². The third kappa shape index (κ3) is 3.66. The van der Waals surface area contributed by atoms with Crippen molar-refractivity contribution in [3.05, 3.63) is 63.6 Å². The van der Waals surface area contributed by atoms with Crippen LogP contribution in [0, 0.1) is 0 Å². The lowest BCUT2D eigenvalue weighted by Crippen LogP contribution is -2.22. The summed E-state index contributed by atoms with van der Waals surface area (Å²) in [6, 6.07) is 13.1. The Labute approximate surface area is 129 Å². The largest absolute Gasteiger partial charge is 0.508 e. The van der Waals surface area contributed by atoms with Crippen molar-refractivity contribution < 1.29 is 5.11 Å². The maximum atomic E-state index is 9.54. The summed E-state index contributed by atoms with van der Waals surface area (Å²) in [4.78, 5) is 2.17. The van der Waals surface area contributed by atoms with Gasteiger partial charge in [-0.25, -0.2) is 0 Å². The number of halogens is 2. The Hall–Kier alpha value is -1.22. The molecule has 0 unspecified atom stereocenters. The Morgan fingerprint density at radius 2 is 1.75 bits per heavy atom. The van der Waals surface area contributed by atoms with Crippen molar-refractivity contribution in [1.82, 2.24) is 4.90 Å². The molecular formula is C16H17Cl2NO. The molecule has 0 bridgehead atoms. The number of hydrogen-bond donors (Lipinski definition) is 1. The van der Waals surface area contributed by atoms with Crippen LogP contribution < -0.4 is 0 Å². The molecule has 0 fully saturated rings. The lowest BCUT2D eigenvalue weighted by atomic mass is 10.1. The van der Waals surface area contributed by atoms with Crippen molar-refractivity contribution in [3.8, 4) is 5.75 Å². The molecule has 1 atom stereocenters. The normalized spacial score (nSPS) is 12.7. The van der Waals surface area contributed by atoms with Gasteiger partial charge in [-0.1, -0.05) is 35.3 Å². The van der Waals surface area contributed by atoms with Gasteiger partial charge in [0.1, 0.15) is 5.75 Å². The van der Waals surface area contributed by atoms with Gasteiger partial charge in [0.15, 0.2) is 0 Å². The first-order valence-corrected chi connectivity index (χ1v) is 7.16. The van der Waals surface area contributed by atoms with Crippen LogP contribution in [0.3, 0.4) is 0 Å². The lowest BCUT2D eigenvalue weighted by Gasteiger charge is -2.25. The molecule has 0 heterocycles. The molecule has 2 aromatic rings. The highest BCUT2D eigenvalue weighted by Crippen LogP contribution is 2.26. The molecule has 0 aromatic heterocycles. The summed E-state index contributed by atoms with van der Waals surface area (Å²) < 4.78 is 0. The average Bonchev–Trinajstić information content (AvgIpc) is 2.43. The van der Waals surface area contributed by atoms with Crippen LogP contribution in [0.4, 0.5) is 0 Å². The van der Waals surface area contributed by atoms with E-state index in [-0.39, 0.29) is 11.8 Å². The van der Waals surface area contributed by atoms with Gasteiger partial charge in [-0.3, -0.25) is 4.90 Å². The summed E-state index contributed by atoms with van der Waals surface area (Å²) in [5.74, 6) is 0.233. The summed E-state index contributed by atoms with van der Waals surface area (Å²) in [5, 5.41) is 10.9. The fourth-order valence-electron chi connectivity index (χ4n) is 2.08. The Balaban J connectivity index is 2.13. The Bertz CT molecular complexity index is 584. The van der Waals surface area contributed by atoms with Crippen molar-refractivity contribution >= 4 is 23.2 Å². The van der Waals surface area contributed by atoms with Crippen molar-refractivity contribution in [2.24, 2.45) is 0 Å². The number of hydrogen-bond acceptors (Lipinski definition) is 2. The van der Waals surface area contributed by atoms with E-state index in [0.717, 1.165) is 10.6 Å². The number of rotatable bonds is 4. The van der Waals surface area contributed by atoms with Gasteiger partial charge in [-0.15, -0.1) is 0 Å². The molecule has 0 amide bonds. The molecular weight excluding hydrogens is 293 g/mol. The van der Waals surface area contributed by atoms with Crippen LogP contribution >= 0.6 is 23.2 Å². The van der Waals surface area contributed by atoms with Crippen LogP contribution in [0.2, 0.25) is 10.0 Å². The number of benzene rings is 2. The minimum Gasteiger partial charge on any atom is -0.508 e. The zero-order valence-electron chi connectivity index (χ0n) is 11.5. The van der Waals surface area contributed by atoms with Crippen LogP contribution in [0.1, 0.15) is 24.1 Å². The molecule has 106 valence electrons. The van der Waals surface area contributed by atoms with Gasteiger partial charge >= 0.3 is 0 Å². The summed E-state index contributed by atoms with van der Waals surface area (Å²) in [7, 11) is 2.03. The van der Waals surface area contributed by atoms with E-state index in [9.17, 15) is 5.11 Å². The quantitative estimate of drug-likeness (QED) is 0.869. The molecule has 0 aliphatic rings. The number of aromatic hydroxyl groups is 1. The summed E-state index contributed by atoms with van der Waals surface area (Å²) >= 11 is 12.1. The van der Waals surface area contributed by atoms with Gasteiger partial charge in [-0.05, 0) is 55.4 Å². The first kappa shape index (κ1) is 15.2. The molecule has 2 aromatic carbocycles. The van der Waals surface area contributed by atoms with E-state index in [0.29, 0.717) is 11.6 Å². The molecule has 0 saturated heterocycles. The second-order valence-electron chi connectivity index (χ2n) is 4.92. The van der Waals surface area contributed by atoms with Gasteiger partial charge in [0.25, 0.3) is 0 Å². The maximum Gasteiger partial charge on any atom is 0.116 e. The third-order valence-corrected chi connectivity index (χ3v) is 4.08. The second-order valence-corrected chi connectivity index (χ2v) is 5.76. The monoisotopic (exact) mass is 309 g/mol. The van der Waals surface area contributed by atoms with Gasteiger partial charge in [0, 0.05) is 22.6 Å². The van der Waals surface area contributed by atoms with E-state index in [1.54, 1.807) is 18.2 Å². The molecule has 0 spiro atoms. The standard InChI is InChI=1S/C16H17Cl2NO/c1-11(12-3-5-14(17)6-4-12)19(2)10-13-9-15(20)7-8-16(13)18/h3-9,11,20H,10H2,1-2H3/t11-/m1/s1. The van der Waals surface area contributed by atoms with Gasteiger partial charge in [0.2, 0.25) is 0 Å². The molecule has 1 N–H and O–H groups in total. The molecule has 0 aliphatic carbocycles. The Kier molecular flexibility index (Phi) is 4.92. The molecule has 2 rings (SSSR count). The zero-order chi connectivity index (χ0) is 14.7. The van der Waals surface area contributed by atoms with Crippen LogP contribution in [0.15, 0.2) is 42.5 Å².